The van der Waals surface area contributed by atoms with Gasteiger partial charge >= 0.3 is 6.09 Å². The van der Waals surface area contributed by atoms with Gasteiger partial charge in [0.2, 0.25) is 5.91 Å². The lowest BCUT2D eigenvalue weighted by Crippen LogP contribution is -2.58. The number of ether oxygens (including phenoxy) is 2. The first kappa shape index (κ1) is 18.1. The Balaban J connectivity index is 1.21. The second-order valence-electron chi connectivity index (χ2n) is 8.10. The second kappa shape index (κ2) is 7.02. The molecule has 2 amide bonds. The molecule has 1 spiro atoms. The molecule has 1 aliphatic carbocycles. The lowest BCUT2D eigenvalue weighted by molar-refractivity contribution is -0.142. The first-order valence-corrected chi connectivity index (χ1v) is 9.57. The van der Waals surface area contributed by atoms with E-state index in [2.05, 4.69) is 5.32 Å². The number of carbonyl (C=O) groups is 2. The highest BCUT2D eigenvalue weighted by Gasteiger charge is 2.53. The maximum Gasteiger partial charge on any atom is 0.407 e. The van der Waals surface area contributed by atoms with Gasteiger partial charge in [-0.3, -0.25) is 4.79 Å². The van der Waals surface area contributed by atoms with E-state index in [-0.39, 0.29) is 29.3 Å². The molecule has 0 bridgehead atoms. The van der Waals surface area contributed by atoms with E-state index in [0.29, 0.717) is 50.8 Å². The Morgan fingerprint density at radius 2 is 2.11 bits per heavy atom. The smallest absolute Gasteiger partial charge is 0.407 e. The molecule has 7 heteroatoms. The summed E-state index contributed by atoms with van der Waals surface area (Å²) >= 11 is 0. The summed E-state index contributed by atoms with van der Waals surface area (Å²) in [4.78, 5) is 25.8. The number of nitrogens with zero attached hydrogens (tertiary/aromatic N) is 1. The minimum atomic E-state index is -0.383. The lowest BCUT2D eigenvalue weighted by Gasteiger charge is -2.44. The molecule has 1 aromatic rings. The molecule has 0 radical (unpaired) electrons. The summed E-state index contributed by atoms with van der Waals surface area (Å²) in [6.45, 7) is 4.09. The van der Waals surface area contributed by atoms with Crippen molar-refractivity contribution in [3.63, 3.8) is 0 Å². The average Bonchev–Trinajstić information content (AvgIpc) is 3.02. The SMILES string of the molecule is Cc1ccc(OCC2CCN(C(=O)[C@H]3C[C@]4(COC(=O)N4)C3)CC2)c(F)c1. The minimum absolute atomic E-state index is 0.0264. The number of likely N-dealkylation sites (tertiary alicyclic amines) is 1. The van der Waals surface area contributed by atoms with Gasteiger partial charge in [-0.25, -0.2) is 9.18 Å². The summed E-state index contributed by atoms with van der Waals surface area (Å²) in [7, 11) is 0. The molecule has 1 aromatic carbocycles. The number of hydrogen-bond donors (Lipinski definition) is 1. The molecule has 0 atom stereocenters. The van der Waals surface area contributed by atoms with Crippen molar-refractivity contribution >= 4 is 12.0 Å². The van der Waals surface area contributed by atoms with Gasteiger partial charge in [-0.2, -0.15) is 0 Å². The van der Waals surface area contributed by atoms with E-state index < -0.39 is 0 Å². The topological polar surface area (TPSA) is 67.9 Å². The molecule has 2 aliphatic heterocycles. The number of amides is 2. The zero-order chi connectivity index (χ0) is 19.0. The molecule has 0 unspecified atom stereocenters. The fraction of sp³-hybridized carbons (Fsp3) is 0.600. The molecule has 3 fully saturated rings. The quantitative estimate of drug-likeness (QED) is 0.877. The fourth-order valence-corrected chi connectivity index (χ4v) is 4.28. The van der Waals surface area contributed by atoms with Crippen LogP contribution < -0.4 is 10.1 Å². The van der Waals surface area contributed by atoms with Crippen molar-refractivity contribution in [1.82, 2.24) is 10.2 Å². The van der Waals surface area contributed by atoms with Crippen molar-refractivity contribution in [2.75, 3.05) is 26.3 Å². The van der Waals surface area contributed by atoms with Crippen LogP contribution in [-0.2, 0) is 9.53 Å². The largest absolute Gasteiger partial charge is 0.490 e. The molecule has 27 heavy (non-hydrogen) atoms. The van der Waals surface area contributed by atoms with Crippen molar-refractivity contribution < 1.29 is 23.5 Å². The highest BCUT2D eigenvalue weighted by atomic mass is 19.1. The Labute approximate surface area is 158 Å². The third-order valence-corrected chi connectivity index (χ3v) is 5.96. The zero-order valence-electron chi connectivity index (χ0n) is 15.5. The Kier molecular flexibility index (Phi) is 4.70. The molecule has 1 saturated carbocycles. The van der Waals surface area contributed by atoms with E-state index in [0.717, 1.165) is 18.4 Å². The fourth-order valence-electron chi connectivity index (χ4n) is 4.28. The molecule has 146 valence electrons. The van der Waals surface area contributed by atoms with Crippen molar-refractivity contribution in [2.45, 2.75) is 38.1 Å². The summed E-state index contributed by atoms with van der Waals surface area (Å²) in [6, 6.07) is 4.98. The monoisotopic (exact) mass is 376 g/mol. The number of hydrogen-bond acceptors (Lipinski definition) is 4. The minimum Gasteiger partial charge on any atom is -0.490 e. The molecule has 2 saturated heterocycles. The third-order valence-electron chi connectivity index (χ3n) is 5.96. The third kappa shape index (κ3) is 3.73. The van der Waals surface area contributed by atoms with E-state index in [9.17, 15) is 14.0 Å². The molecular weight excluding hydrogens is 351 g/mol. The van der Waals surface area contributed by atoms with E-state index in [4.69, 9.17) is 9.47 Å². The molecule has 3 aliphatic rings. The van der Waals surface area contributed by atoms with Crippen LogP contribution in [0.2, 0.25) is 0 Å². The molecular formula is C20H25FN2O4. The number of cyclic esters (lactones) is 1. The number of carbonyl (C=O) groups excluding carboxylic acids is 2. The van der Waals surface area contributed by atoms with Crippen LogP contribution in [0.15, 0.2) is 18.2 Å². The van der Waals surface area contributed by atoms with E-state index >= 15 is 0 Å². The Morgan fingerprint density at radius 3 is 2.74 bits per heavy atom. The van der Waals surface area contributed by atoms with Gasteiger partial charge in [0.25, 0.3) is 0 Å². The van der Waals surface area contributed by atoms with Crippen LogP contribution in [-0.4, -0.2) is 48.7 Å². The van der Waals surface area contributed by atoms with Gasteiger partial charge in [-0.1, -0.05) is 6.07 Å². The first-order chi connectivity index (χ1) is 12.9. The van der Waals surface area contributed by atoms with Crippen LogP contribution in [0, 0.1) is 24.6 Å². The second-order valence-corrected chi connectivity index (χ2v) is 8.10. The highest BCUT2D eigenvalue weighted by molar-refractivity contribution is 5.81. The zero-order valence-corrected chi connectivity index (χ0v) is 15.5. The van der Waals surface area contributed by atoms with E-state index in [1.165, 1.54) is 6.07 Å². The number of aryl methyl sites for hydroxylation is 1. The van der Waals surface area contributed by atoms with Crippen LogP contribution in [0.4, 0.5) is 9.18 Å². The van der Waals surface area contributed by atoms with E-state index in [1.54, 1.807) is 6.07 Å². The maximum absolute atomic E-state index is 13.8. The van der Waals surface area contributed by atoms with Crippen LogP contribution in [0.1, 0.15) is 31.2 Å². The van der Waals surface area contributed by atoms with Crippen LogP contribution in [0.3, 0.4) is 0 Å². The van der Waals surface area contributed by atoms with Gasteiger partial charge in [0.1, 0.15) is 6.61 Å². The standard InChI is InChI=1S/C20H25FN2O4/c1-13-2-3-17(16(21)8-13)26-11-14-4-6-23(7-5-14)18(24)15-9-20(10-15)12-27-19(25)22-20/h2-3,8,14-15H,4-7,9-12H2,1H3,(H,22,25)/t15-,20+. The molecule has 0 aromatic heterocycles. The van der Waals surface area contributed by atoms with Crippen LogP contribution >= 0.6 is 0 Å². The predicted octanol–water partition coefficient (Wildman–Crippen LogP) is 2.64. The van der Waals surface area contributed by atoms with Crippen molar-refractivity contribution in [3.05, 3.63) is 29.6 Å². The van der Waals surface area contributed by atoms with Crippen LogP contribution in [0.5, 0.6) is 5.75 Å². The van der Waals surface area contributed by atoms with Gasteiger partial charge in [0.05, 0.1) is 12.1 Å². The molecule has 6 nitrogen and oxygen atoms in total. The van der Waals surface area contributed by atoms with Gasteiger partial charge in [-0.05, 0) is 56.2 Å². The van der Waals surface area contributed by atoms with Gasteiger partial charge in [0, 0.05) is 19.0 Å². The first-order valence-electron chi connectivity index (χ1n) is 9.57. The van der Waals surface area contributed by atoms with Crippen molar-refractivity contribution in [2.24, 2.45) is 11.8 Å². The number of rotatable bonds is 4. The summed E-state index contributed by atoms with van der Waals surface area (Å²) in [5.41, 5.74) is 0.551. The van der Waals surface area contributed by atoms with Crippen LogP contribution in [0.25, 0.3) is 0 Å². The number of benzene rings is 1. The lowest BCUT2D eigenvalue weighted by atomic mass is 9.68. The number of halogens is 1. The van der Waals surface area contributed by atoms with Gasteiger partial charge < -0.3 is 19.7 Å². The highest BCUT2D eigenvalue weighted by Crippen LogP contribution is 2.41. The number of piperidine rings is 1. The summed E-state index contributed by atoms with van der Waals surface area (Å²) in [6.07, 6.45) is 2.65. The molecule has 2 heterocycles. The predicted molar refractivity (Wildman–Crippen MR) is 95.9 cm³/mol. The van der Waals surface area contributed by atoms with E-state index in [1.807, 2.05) is 17.9 Å². The van der Waals surface area contributed by atoms with Crippen molar-refractivity contribution in [1.29, 1.82) is 0 Å². The summed E-state index contributed by atoms with van der Waals surface area (Å²) in [5, 5.41) is 2.82. The maximum atomic E-state index is 13.8. The summed E-state index contributed by atoms with van der Waals surface area (Å²) in [5.74, 6) is 0.432. The average molecular weight is 376 g/mol. The Hall–Kier alpha value is -2.31. The van der Waals surface area contributed by atoms with Gasteiger partial charge in [0.15, 0.2) is 11.6 Å². The molecule has 4 rings (SSSR count). The Morgan fingerprint density at radius 1 is 1.37 bits per heavy atom. The van der Waals surface area contributed by atoms with Gasteiger partial charge in [-0.15, -0.1) is 0 Å². The van der Waals surface area contributed by atoms with Crippen molar-refractivity contribution in [3.8, 4) is 5.75 Å². The molecule has 1 N–H and O–H groups in total. The Bertz CT molecular complexity index is 739. The number of alkyl carbamates (subject to hydrolysis) is 1. The summed E-state index contributed by atoms with van der Waals surface area (Å²) < 4.78 is 24.5. The normalized spacial score (nSPS) is 27.9. The number of nitrogens with one attached hydrogen (secondary N) is 1.